The van der Waals surface area contributed by atoms with Gasteiger partial charge in [0.25, 0.3) is 0 Å². The standard InChI is InChI=1S/C13H19ClN2O4S/c1-10-8-11(14)4-5-12(10)21(19,20)16(9-13(17)18)7-6-15(2)3/h4-5,8H,6-7,9H2,1-3H3,(H,17,18). The lowest BCUT2D eigenvalue weighted by atomic mass is 10.2. The Kier molecular flexibility index (Phi) is 6.15. The fourth-order valence-electron chi connectivity index (χ4n) is 1.79. The van der Waals surface area contributed by atoms with E-state index in [2.05, 4.69) is 0 Å². The summed E-state index contributed by atoms with van der Waals surface area (Å²) in [5.41, 5.74) is 0.489. The Morgan fingerprint density at radius 2 is 1.90 bits per heavy atom. The summed E-state index contributed by atoms with van der Waals surface area (Å²) in [5.74, 6) is -1.19. The lowest BCUT2D eigenvalue weighted by molar-refractivity contribution is -0.137. The van der Waals surface area contributed by atoms with E-state index in [1.807, 2.05) is 0 Å². The van der Waals surface area contributed by atoms with Gasteiger partial charge in [0, 0.05) is 18.1 Å². The van der Waals surface area contributed by atoms with Crippen LogP contribution < -0.4 is 0 Å². The number of likely N-dealkylation sites (N-methyl/N-ethyl adjacent to an activating group) is 1. The summed E-state index contributed by atoms with van der Waals surface area (Å²) >= 11 is 5.82. The minimum atomic E-state index is -3.87. The average molecular weight is 335 g/mol. The van der Waals surface area contributed by atoms with Gasteiger partial charge >= 0.3 is 5.97 Å². The van der Waals surface area contributed by atoms with E-state index in [4.69, 9.17) is 16.7 Å². The molecule has 0 heterocycles. The predicted molar refractivity (Wildman–Crippen MR) is 81.1 cm³/mol. The second kappa shape index (κ2) is 7.22. The SMILES string of the molecule is Cc1cc(Cl)ccc1S(=O)(=O)N(CCN(C)C)CC(=O)O. The van der Waals surface area contributed by atoms with Gasteiger partial charge in [-0.15, -0.1) is 0 Å². The molecule has 0 radical (unpaired) electrons. The van der Waals surface area contributed by atoms with Gasteiger partial charge in [-0.3, -0.25) is 4.79 Å². The number of benzene rings is 1. The number of halogens is 1. The normalized spacial score (nSPS) is 12.1. The van der Waals surface area contributed by atoms with Crippen LogP contribution in [0.25, 0.3) is 0 Å². The van der Waals surface area contributed by atoms with Crippen molar-refractivity contribution in [1.29, 1.82) is 0 Å². The lowest BCUT2D eigenvalue weighted by Crippen LogP contribution is -2.40. The summed E-state index contributed by atoms with van der Waals surface area (Å²) in [4.78, 5) is 12.8. The van der Waals surface area contributed by atoms with Crippen molar-refractivity contribution in [3.05, 3.63) is 28.8 Å². The van der Waals surface area contributed by atoms with E-state index >= 15 is 0 Å². The van der Waals surface area contributed by atoms with Gasteiger partial charge in [-0.2, -0.15) is 4.31 Å². The molecule has 0 saturated heterocycles. The number of hydrogen-bond donors (Lipinski definition) is 1. The zero-order valence-electron chi connectivity index (χ0n) is 12.2. The number of carboxylic acid groups (broad SMARTS) is 1. The maximum absolute atomic E-state index is 12.6. The topological polar surface area (TPSA) is 77.9 Å². The summed E-state index contributed by atoms with van der Waals surface area (Å²) in [5, 5.41) is 9.37. The van der Waals surface area contributed by atoms with Crippen LogP contribution in [0.1, 0.15) is 5.56 Å². The molecular weight excluding hydrogens is 316 g/mol. The summed E-state index contributed by atoms with van der Waals surface area (Å²) in [7, 11) is -0.290. The first kappa shape index (κ1) is 17.9. The van der Waals surface area contributed by atoms with Gasteiger partial charge in [-0.05, 0) is 44.8 Å². The third-order valence-corrected chi connectivity index (χ3v) is 5.10. The number of aliphatic carboxylic acids is 1. The molecule has 0 amide bonds. The van der Waals surface area contributed by atoms with Crippen LogP contribution in [0.2, 0.25) is 5.02 Å². The quantitative estimate of drug-likeness (QED) is 0.813. The molecule has 0 bridgehead atoms. The number of hydrogen-bond acceptors (Lipinski definition) is 4. The molecule has 0 aliphatic carbocycles. The Hall–Kier alpha value is -1.15. The molecule has 0 aromatic heterocycles. The largest absolute Gasteiger partial charge is 0.480 e. The van der Waals surface area contributed by atoms with Crippen LogP contribution in [0.3, 0.4) is 0 Å². The molecule has 0 fully saturated rings. The third kappa shape index (κ3) is 4.96. The summed E-state index contributed by atoms with van der Waals surface area (Å²) in [6.45, 7) is 1.59. The van der Waals surface area contributed by atoms with Crippen molar-refractivity contribution in [3.8, 4) is 0 Å². The minimum absolute atomic E-state index is 0.0758. The Morgan fingerprint density at radius 3 is 2.38 bits per heavy atom. The van der Waals surface area contributed by atoms with Crippen molar-refractivity contribution in [3.63, 3.8) is 0 Å². The Morgan fingerprint density at radius 1 is 1.29 bits per heavy atom. The molecule has 0 saturated carbocycles. The van der Waals surface area contributed by atoms with E-state index in [-0.39, 0.29) is 11.4 Å². The van der Waals surface area contributed by atoms with E-state index < -0.39 is 22.5 Å². The van der Waals surface area contributed by atoms with Crippen molar-refractivity contribution < 1.29 is 18.3 Å². The molecule has 21 heavy (non-hydrogen) atoms. The van der Waals surface area contributed by atoms with Gasteiger partial charge in [0.05, 0.1) is 4.90 Å². The fraction of sp³-hybridized carbons (Fsp3) is 0.462. The van der Waals surface area contributed by atoms with Crippen LogP contribution in [0, 0.1) is 6.92 Å². The minimum Gasteiger partial charge on any atom is -0.480 e. The number of carboxylic acids is 1. The average Bonchev–Trinajstić information content (AvgIpc) is 2.33. The van der Waals surface area contributed by atoms with Gasteiger partial charge in [0.15, 0.2) is 0 Å². The van der Waals surface area contributed by atoms with Crippen LogP contribution in [-0.4, -0.2) is 62.4 Å². The first-order valence-corrected chi connectivity index (χ1v) is 8.09. The third-order valence-electron chi connectivity index (χ3n) is 2.86. The number of sulfonamides is 1. The first-order valence-electron chi connectivity index (χ1n) is 6.27. The molecule has 8 heteroatoms. The van der Waals surface area contributed by atoms with Crippen molar-refractivity contribution in [2.24, 2.45) is 0 Å². The van der Waals surface area contributed by atoms with E-state index in [0.29, 0.717) is 17.1 Å². The molecule has 1 rings (SSSR count). The molecule has 0 atom stereocenters. The molecule has 1 N–H and O–H groups in total. The number of aryl methyl sites for hydroxylation is 1. The summed E-state index contributed by atoms with van der Waals surface area (Å²) in [6, 6.07) is 4.42. The van der Waals surface area contributed by atoms with Gasteiger partial charge in [-0.25, -0.2) is 8.42 Å². The number of rotatable bonds is 7. The molecule has 6 nitrogen and oxygen atoms in total. The molecule has 118 valence electrons. The van der Waals surface area contributed by atoms with Crippen LogP contribution in [0.5, 0.6) is 0 Å². The number of nitrogens with zero attached hydrogens (tertiary/aromatic N) is 2. The molecule has 0 unspecified atom stereocenters. The van der Waals surface area contributed by atoms with Crippen molar-refractivity contribution in [2.45, 2.75) is 11.8 Å². The second-order valence-electron chi connectivity index (χ2n) is 4.95. The maximum atomic E-state index is 12.6. The molecular formula is C13H19ClN2O4S. The molecule has 1 aromatic carbocycles. The molecule has 0 aliphatic heterocycles. The highest BCUT2D eigenvalue weighted by Gasteiger charge is 2.27. The Balaban J connectivity index is 3.16. The maximum Gasteiger partial charge on any atom is 0.318 e. The number of carbonyl (C=O) groups is 1. The van der Waals surface area contributed by atoms with E-state index in [9.17, 15) is 13.2 Å². The Bertz CT molecular complexity index is 617. The van der Waals surface area contributed by atoms with Gasteiger partial charge in [0.1, 0.15) is 6.54 Å². The van der Waals surface area contributed by atoms with Crippen LogP contribution in [0.15, 0.2) is 23.1 Å². The highest BCUT2D eigenvalue weighted by atomic mass is 35.5. The Labute approximate surface area is 130 Å². The zero-order chi connectivity index (χ0) is 16.2. The van der Waals surface area contributed by atoms with Crippen molar-refractivity contribution in [2.75, 3.05) is 33.7 Å². The van der Waals surface area contributed by atoms with Crippen molar-refractivity contribution in [1.82, 2.24) is 9.21 Å². The summed E-state index contributed by atoms with van der Waals surface area (Å²) in [6.07, 6.45) is 0. The molecule has 0 aliphatic rings. The lowest BCUT2D eigenvalue weighted by Gasteiger charge is -2.23. The van der Waals surface area contributed by atoms with Crippen LogP contribution in [-0.2, 0) is 14.8 Å². The second-order valence-corrected chi connectivity index (χ2v) is 7.29. The highest BCUT2D eigenvalue weighted by molar-refractivity contribution is 7.89. The van der Waals surface area contributed by atoms with Crippen LogP contribution in [0.4, 0.5) is 0 Å². The smallest absolute Gasteiger partial charge is 0.318 e. The van der Waals surface area contributed by atoms with E-state index in [1.54, 1.807) is 32.0 Å². The predicted octanol–water partition coefficient (Wildman–Crippen LogP) is 1.29. The highest BCUT2D eigenvalue weighted by Crippen LogP contribution is 2.22. The van der Waals surface area contributed by atoms with Crippen molar-refractivity contribution >= 4 is 27.6 Å². The van der Waals surface area contributed by atoms with Gasteiger partial charge in [0.2, 0.25) is 10.0 Å². The zero-order valence-corrected chi connectivity index (χ0v) is 13.8. The molecule has 1 aromatic rings. The fourth-order valence-corrected chi connectivity index (χ4v) is 3.60. The summed E-state index contributed by atoms with van der Waals surface area (Å²) < 4.78 is 26.2. The van der Waals surface area contributed by atoms with Gasteiger partial charge in [-0.1, -0.05) is 11.6 Å². The van der Waals surface area contributed by atoms with E-state index in [0.717, 1.165) is 4.31 Å². The van der Waals surface area contributed by atoms with E-state index in [1.165, 1.54) is 12.1 Å². The monoisotopic (exact) mass is 334 g/mol. The van der Waals surface area contributed by atoms with Gasteiger partial charge < -0.3 is 10.0 Å². The molecule has 0 spiro atoms. The van der Waals surface area contributed by atoms with Crippen LogP contribution >= 0.6 is 11.6 Å². The first-order chi connectivity index (χ1) is 9.64.